The van der Waals surface area contributed by atoms with Gasteiger partial charge in [-0.25, -0.2) is 0 Å². The predicted octanol–water partition coefficient (Wildman–Crippen LogP) is 0.308. The monoisotopic (exact) mass is 180 g/mol. The third-order valence-corrected chi connectivity index (χ3v) is 1.42. The maximum Gasteiger partial charge on any atom is 0.115 e. The number of hydrazone groups is 1. The largest absolute Gasteiger partial charge is 0.508 e. The Kier molecular flexibility index (Phi) is 3.78. The number of hydrogen-bond donors (Lipinski definition) is 3. The van der Waals surface area contributed by atoms with Gasteiger partial charge in [-0.15, -0.1) is 0 Å². The quantitative estimate of drug-likeness (QED) is 0.355. The molecule has 4 heteroatoms. The van der Waals surface area contributed by atoms with E-state index in [-0.39, 0.29) is 12.4 Å². The zero-order chi connectivity index (χ0) is 9.52. The van der Waals surface area contributed by atoms with Crippen LogP contribution < -0.4 is 5.43 Å². The second-order valence-corrected chi connectivity index (χ2v) is 2.48. The first-order chi connectivity index (χ1) is 6.33. The van der Waals surface area contributed by atoms with Crippen molar-refractivity contribution in [2.45, 2.75) is 0 Å². The summed E-state index contributed by atoms with van der Waals surface area (Å²) in [7, 11) is 0. The lowest BCUT2D eigenvalue weighted by Crippen LogP contribution is -2.11. The topological polar surface area (TPSA) is 64.8 Å². The molecule has 1 aromatic rings. The molecule has 3 N–H and O–H groups in total. The van der Waals surface area contributed by atoms with Crippen molar-refractivity contribution in [3.8, 4) is 5.75 Å². The van der Waals surface area contributed by atoms with Crippen LogP contribution in [0.5, 0.6) is 5.75 Å². The number of phenols is 1. The van der Waals surface area contributed by atoms with Gasteiger partial charge in [0.05, 0.1) is 19.4 Å². The van der Waals surface area contributed by atoms with E-state index in [4.69, 9.17) is 10.2 Å². The molecule has 0 unspecified atom stereocenters. The summed E-state index contributed by atoms with van der Waals surface area (Å²) in [6.45, 7) is 0.501. The first-order valence-corrected chi connectivity index (χ1v) is 3.99. The molecule has 1 rings (SSSR count). The molecule has 0 radical (unpaired) electrons. The van der Waals surface area contributed by atoms with Crippen LogP contribution in [0.1, 0.15) is 5.56 Å². The van der Waals surface area contributed by atoms with E-state index in [1.54, 1.807) is 30.5 Å². The Bertz CT molecular complexity index is 269. The van der Waals surface area contributed by atoms with Crippen LogP contribution in [-0.4, -0.2) is 29.6 Å². The number of phenolic OH excluding ortho intramolecular Hbond substituents is 1. The van der Waals surface area contributed by atoms with E-state index < -0.39 is 0 Å². The standard InChI is InChI=1S/C9H12N2O2/c12-6-5-10-11-7-8-1-3-9(13)4-2-8/h1-4,7,10,12-13H,5-6H2. The van der Waals surface area contributed by atoms with Gasteiger partial charge in [-0.3, -0.25) is 0 Å². The van der Waals surface area contributed by atoms with Gasteiger partial charge in [0.1, 0.15) is 5.75 Å². The minimum atomic E-state index is 0.0624. The molecule has 0 spiro atoms. The lowest BCUT2D eigenvalue weighted by Gasteiger charge is -1.95. The molecule has 0 aromatic heterocycles. The highest BCUT2D eigenvalue weighted by Gasteiger charge is 1.87. The van der Waals surface area contributed by atoms with Gasteiger partial charge in [0, 0.05) is 0 Å². The summed E-state index contributed by atoms with van der Waals surface area (Å²) >= 11 is 0. The fourth-order valence-corrected chi connectivity index (χ4v) is 0.795. The molecule has 0 saturated carbocycles. The molecule has 4 nitrogen and oxygen atoms in total. The van der Waals surface area contributed by atoms with Gasteiger partial charge in [-0.05, 0) is 29.8 Å². The van der Waals surface area contributed by atoms with Crippen molar-refractivity contribution in [3.63, 3.8) is 0 Å². The number of nitrogens with zero attached hydrogens (tertiary/aromatic N) is 1. The minimum absolute atomic E-state index is 0.0624. The summed E-state index contributed by atoms with van der Waals surface area (Å²) in [6, 6.07) is 6.68. The molecular weight excluding hydrogens is 168 g/mol. The van der Waals surface area contributed by atoms with E-state index in [0.29, 0.717) is 6.54 Å². The van der Waals surface area contributed by atoms with Crippen LogP contribution >= 0.6 is 0 Å². The van der Waals surface area contributed by atoms with Crippen LogP contribution in [0.3, 0.4) is 0 Å². The van der Waals surface area contributed by atoms with Crippen molar-refractivity contribution in [2.24, 2.45) is 5.10 Å². The van der Waals surface area contributed by atoms with Crippen LogP contribution in [0.2, 0.25) is 0 Å². The van der Waals surface area contributed by atoms with Crippen molar-refractivity contribution in [3.05, 3.63) is 29.8 Å². The second kappa shape index (κ2) is 5.16. The Morgan fingerprint density at radius 2 is 2.00 bits per heavy atom. The predicted molar refractivity (Wildman–Crippen MR) is 50.8 cm³/mol. The zero-order valence-corrected chi connectivity index (χ0v) is 7.14. The second-order valence-electron chi connectivity index (χ2n) is 2.48. The van der Waals surface area contributed by atoms with Crippen LogP contribution in [0, 0.1) is 0 Å². The van der Waals surface area contributed by atoms with E-state index in [9.17, 15) is 0 Å². The number of rotatable bonds is 4. The highest BCUT2D eigenvalue weighted by molar-refractivity contribution is 5.79. The van der Waals surface area contributed by atoms with Gasteiger partial charge >= 0.3 is 0 Å². The summed E-state index contributed by atoms with van der Waals surface area (Å²) < 4.78 is 0. The molecule has 0 aliphatic heterocycles. The summed E-state index contributed by atoms with van der Waals surface area (Å²) in [5, 5.41) is 21.2. The molecule has 0 aliphatic rings. The van der Waals surface area contributed by atoms with Crippen LogP contribution in [0.4, 0.5) is 0 Å². The summed E-state index contributed by atoms with van der Waals surface area (Å²) in [5.41, 5.74) is 3.55. The maximum atomic E-state index is 8.97. The molecule has 0 aliphatic carbocycles. The minimum Gasteiger partial charge on any atom is -0.508 e. The number of hydrogen-bond acceptors (Lipinski definition) is 4. The lowest BCUT2D eigenvalue weighted by molar-refractivity contribution is 0.294. The SMILES string of the molecule is OCCNN=Cc1ccc(O)cc1. The molecule has 0 bridgehead atoms. The molecule has 1 aromatic carbocycles. The van der Waals surface area contributed by atoms with Gasteiger partial charge in [0.25, 0.3) is 0 Å². The fourth-order valence-electron chi connectivity index (χ4n) is 0.795. The summed E-state index contributed by atoms with van der Waals surface area (Å²) in [6.07, 6.45) is 1.62. The first-order valence-electron chi connectivity index (χ1n) is 3.99. The molecule has 0 atom stereocenters. The summed E-state index contributed by atoms with van der Waals surface area (Å²) in [5.74, 6) is 0.237. The highest BCUT2D eigenvalue weighted by atomic mass is 16.3. The Morgan fingerprint density at radius 3 is 2.62 bits per heavy atom. The number of nitrogens with one attached hydrogen (secondary N) is 1. The van der Waals surface area contributed by atoms with Gasteiger partial charge < -0.3 is 15.6 Å². The maximum absolute atomic E-state index is 8.97. The molecule has 0 fully saturated rings. The van der Waals surface area contributed by atoms with Crippen LogP contribution in [0.25, 0.3) is 0 Å². The van der Waals surface area contributed by atoms with Crippen molar-refractivity contribution in [2.75, 3.05) is 13.2 Å². The van der Waals surface area contributed by atoms with E-state index in [2.05, 4.69) is 10.5 Å². The normalized spacial score (nSPS) is 10.5. The van der Waals surface area contributed by atoms with E-state index in [0.717, 1.165) is 5.56 Å². The molecule has 0 heterocycles. The smallest absolute Gasteiger partial charge is 0.115 e. The van der Waals surface area contributed by atoms with Gasteiger partial charge in [0.2, 0.25) is 0 Å². The fraction of sp³-hybridized carbons (Fsp3) is 0.222. The molecule has 0 amide bonds. The number of benzene rings is 1. The Labute approximate surface area is 76.5 Å². The zero-order valence-electron chi connectivity index (χ0n) is 7.14. The Hall–Kier alpha value is -1.55. The third-order valence-electron chi connectivity index (χ3n) is 1.42. The van der Waals surface area contributed by atoms with Crippen molar-refractivity contribution in [1.29, 1.82) is 0 Å². The van der Waals surface area contributed by atoms with Crippen molar-refractivity contribution >= 4 is 6.21 Å². The van der Waals surface area contributed by atoms with Gasteiger partial charge in [0.15, 0.2) is 0 Å². The van der Waals surface area contributed by atoms with Crippen LogP contribution in [-0.2, 0) is 0 Å². The van der Waals surface area contributed by atoms with Crippen LogP contribution in [0.15, 0.2) is 29.4 Å². The van der Waals surface area contributed by atoms with Crippen molar-refractivity contribution < 1.29 is 10.2 Å². The average Bonchev–Trinajstić information content (AvgIpc) is 2.15. The third kappa shape index (κ3) is 3.57. The average molecular weight is 180 g/mol. The first kappa shape index (κ1) is 9.54. The Balaban J connectivity index is 2.44. The number of aliphatic hydroxyl groups is 1. The number of aromatic hydroxyl groups is 1. The number of aliphatic hydroxyl groups excluding tert-OH is 1. The molecule has 70 valence electrons. The highest BCUT2D eigenvalue weighted by Crippen LogP contribution is 2.07. The van der Waals surface area contributed by atoms with Crippen molar-refractivity contribution in [1.82, 2.24) is 5.43 Å². The van der Waals surface area contributed by atoms with Gasteiger partial charge in [-0.1, -0.05) is 0 Å². The molecule has 13 heavy (non-hydrogen) atoms. The van der Waals surface area contributed by atoms with Gasteiger partial charge in [-0.2, -0.15) is 5.10 Å². The van der Waals surface area contributed by atoms with E-state index in [1.165, 1.54) is 0 Å². The molecule has 0 saturated heterocycles. The Morgan fingerprint density at radius 1 is 1.31 bits per heavy atom. The molecular formula is C9H12N2O2. The van der Waals surface area contributed by atoms with E-state index in [1.807, 2.05) is 0 Å². The lowest BCUT2D eigenvalue weighted by atomic mass is 10.2. The van der Waals surface area contributed by atoms with E-state index >= 15 is 0 Å². The summed E-state index contributed by atoms with van der Waals surface area (Å²) in [4.78, 5) is 0.